The van der Waals surface area contributed by atoms with Crippen molar-refractivity contribution in [3.8, 4) is 5.75 Å². The molecule has 19 heavy (non-hydrogen) atoms. The summed E-state index contributed by atoms with van der Waals surface area (Å²) in [6.07, 6.45) is 0. The van der Waals surface area contributed by atoms with Gasteiger partial charge >= 0.3 is 0 Å². The summed E-state index contributed by atoms with van der Waals surface area (Å²) in [5, 5.41) is 3.37. The van der Waals surface area contributed by atoms with E-state index in [9.17, 15) is 0 Å². The summed E-state index contributed by atoms with van der Waals surface area (Å²) in [5.41, 5.74) is 2.59. The molecule has 0 fully saturated rings. The van der Waals surface area contributed by atoms with Crippen LogP contribution in [-0.2, 0) is 6.54 Å². The number of hydrogen-bond acceptors (Lipinski definition) is 2. The fourth-order valence-electron chi connectivity index (χ4n) is 1.74. The summed E-state index contributed by atoms with van der Waals surface area (Å²) in [6, 6.07) is 16.5. The molecular weight excluding hydrogens is 302 g/mol. The van der Waals surface area contributed by atoms with Crippen LogP contribution < -0.4 is 10.1 Å². The van der Waals surface area contributed by atoms with Gasteiger partial charge in [0, 0.05) is 17.6 Å². The van der Waals surface area contributed by atoms with Crippen molar-refractivity contribution in [1.29, 1.82) is 0 Å². The van der Waals surface area contributed by atoms with Crippen molar-refractivity contribution in [3.05, 3.63) is 64.1 Å². The van der Waals surface area contributed by atoms with E-state index in [0.717, 1.165) is 23.3 Å². The molecule has 2 nitrogen and oxygen atoms in total. The molecule has 0 atom stereocenters. The van der Waals surface area contributed by atoms with Gasteiger partial charge in [-0.05, 0) is 30.7 Å². The number of nitrogens with one attached hydrogen (secondary N) is 1. The zero-order chi connectivity index (χ0) is 13.5. The van der Waals surface area contributed by atoms with Crippen molar-refractivity contribution in [1.82, 2.24) is 5.32 Å². The van der Waals surface area contributed by atoms with Crippen LogP contribution >= 0.6 is 15.9 Å². The molecule has 0 aromatic heterocycles. The molecule has 0 heterocycles. The Hall–Kier alpha value is -1.32. The Morgan fingerprint density at radius 1 is 1.11 bits per heavy atom. The summed E-state index contributed by atoms with van der Waals surface area (Å²) in [4.78, 5) is 0. The molecule has 1 N–H and O–H groups in total. The van der Waals surface area contributed by atoms with E-state index in [4.69, 9.17) is 4.74 Å². The van der Waals surface area contributed by atoms with Crippen molar-refractivity contribution in [2.24, 2.45) is 0 Å². The largest absolute Gasteiger partial charge is 0.492 e. The molecule has 100 valence electrons. The van der Waals surface area contributed by atoms with Gasteiger partial charge in [0.1, 0.15) is 12.4 Å². The lowest BCUT2D eigenvalue weighted by molar-refractivity contribution is 0.313. The van der Waals surface area contributed by atoms with Crippen molar-refractivity contribution >= 4 is 15.9 Å². The minimum Gasteiger partial charge on any atom is -0.492 e. The van der Waals surface area contributed by atoms with Crippen molar-refractivity contribution in [3.63, 3.8) is 0 Å². The second-order valence-electron chi connectivity index (χ2n) is 4.47. The van der Waals surface area contributed by atoms with E-state index in [1.807, 2.05) is 24.3 Å². The molecule has 0 aliphatic heterocycles. The fourth-order valence-corrected chi connectivity index (χ4v) is 2.11. The van der Waals surface area contributed by atoms with Crippen LogP contribution in [0.2, 0.25) is 0 Å². The Kier molecular flexibility index (Phi) is 5.43. The molecule has 0 aliphatic rings. The Bertz CT molecular complexity index is 510. The van der Waals surface area contributed by atoms with E-state index in [1.54, 1.807) is 0 Å². The van der Waals surface area contributed by atoms with Crippen molar-refractivity contribution < 1.29 is 4.74 Å². The molecule has 2 rings (SSSR count). The standard InChI is InChI=1S/C16H18BrNO/c1-13-5-7-14(8-6-13)12-18-9-10-19-16-4-2-3-15(17)11-16/h2-8,11,18H,9-10,12H2,1H3. The van der Waals surface area contributed by atoms with Gasteiger partial charge in [0.15, 0.2) is 0 Å². The lowest BCUT2D eigenvalue weighted by Crippen LogP contribution is -2.20. The van der Waals surface area contributed by atoms with E-state index in [0.29, 0.717) is 6.61 Å². The Balaban J connectivity index is 1.66. The first kappa shape index (κ1) is 14.1. The van der Waals surface area contributed by atoms with Gasteiger partial charge in [-0.25, -0.2) is 0 Å². The van der Waals surface area contributed by atoms with Crippen LogP contribution in [0, 0.1) is 6.92 Å². The third-order valence-corrected chi connectivity index (χ3v) is 3.29. The molecule has 0 aliphatic carbocycles. The van der Waals surface area contributed by atoms with E-state index in [2.05, 4.69) is 52.4 Å². The molecule has 0 saturated carbocycles. The Morgan fingerprint density at radius 3 is 2.63 bits per heavy atom. The second-order valence-corrected chi connectivity index (χ2v) is 5.38. The topological polar surface area (TPSA) is 21.3 Å². The summed E-state index contributed by atoms with van der Waals surface area (Å²) >= 11 is 3.43. The van der Waals surface area contributed by atoms with Gasteiger partial charge in [-0.15, -0.1) is 0 Å². The van der Waals surface area contributed by atoms with Crippen LogP contribution in [0.25, 0.3) is 0 Å². The lowest BCUT2D eigenvalue weighted by Gasteiger charge is -2.08. The average Bonchev–Trinajstić information content (AvgIpc) is 2.41. The molecule has 3 heteroatoms. The summed E-state index contributed by atoms with van der Waals surface area (Å²) in [5.74, 6) is 0.895. The third-order valence-electron chi connectivity index (χ3n) is 2.79. The molecule has 0 spiro atoms. The first-order valence-electron chi connectivity index (χ1n) is 6.39. The highest BCUT2D eigenvalue weighted by Gasteiger charge is 1.95. The maximum absolute atomic E-state index is 5.65. The molecule has 0 bridgehead atoms. The van der Waals surface area contributed by atoms with Gasteiger partial charge in [0.05, 0.1) is 0 Å². The predicted octanol–water partition coefficient (Wildman–Crippen LogP) is 3.93. The lowest BCUT2D eigenvalue weighted by atomic mass is 10.1. The van der Waals surface area contributed by atoms with E-state index >= 15 is 0 Å². The first-order chi connectivity index (χ1) is 9.24. The SMILES string of the molecule is Cc1ccc(CNCCOc2cccc(Br)c2)cc1. The Morgan fingerprint density at radius 2 is 1.89 bits per heavy atom. The maximum Gasteiger partial charge on any atom is 0.120 e. The fraction of sp³-hybridized carbons (Fsp3) is 0.250. The molecule has 0 unspecified atom stereocenters. The normalized spacial score (nSPS) is 10.4. The highest BCUT2D eigenvalue weighted by molar-refractivity contribution is 9.10. The first-order valence-corrected chi connectivity index (χ1v) is 7.18. The van der Waals surface area contributed by atoms with Crippen LogP contribution in [-0.4, -0.2) is 13.2 Å². The molecule has 2 aromatic carbocycles. The second kappa shape index (κ2) is 7.31. The summed E-state index contributed by atoms with van der Waals surface area (Å²) in [7, 11) is 0. The zero-order valence-corrected chi connectivity index (χ0v) is 12.6. The minimum absolute atomic E-state index is 0.669. The number of aryl methyl sites for hydroxylation is 1. The van der Waals surface area contributed by atoms with Gasteiger partial charge in [-0.3, -0.25) is 0 Å². The zero-order valence-electron chi connectivity index (χ0n) is 11.0. The van der Waals surface area contributed by atoms with Gasteiger partial charge in [-0.2, -0.15) is 0 Å². The molecule has 2 aromatic rings. The van der Waals surface area contributed by atoms with Gasteiger partial charge < -0.3 is 10.1 Å². The van der Waals surface area contributed by atoms with E-state index in [-0.39, 0.29) is 0 Å². The summed E-state index contributed by atoms with van der Waals surface area (Å²) in [6.45, 7) is 4.48. The predicted molar refractivity (Wildman–Crippen MR) is 82.5 cm³/mol. The molecule has 0 radical (unpaired) electrons. The number of halogens is 1. The van der Waals surface area contributed by atoms with Crippen LogP contribution in [0.3, 0.4) is 0 Å². The van der Waals surface area contributed by atoms with Gasteiger partial charge in [0.25, 0.3) is 0 Å². The number of hydrogen-bond donors (Lipinski definition) is 1. The smallest absolute Gasteiger partial charge is 0.120 e. The van der Waals surface area contributed by atoms with Crippen LogP contribution in [0.4, 0.5) is 0 Å². The van der Waals surface area contributed by atoms with Crippen LogP contribution in [0.5, 0.6) is 5.75 Å². The quantitative estimate of drug-likeness (QED) is 0.815. The molecule has 0 amide bonds. The van der Waals surface area contributed by atoms with Gasteiger partial charge in [0.2, 0.25) is 0 Å². The van der Waals surface area contributed by atoms with Gasteiger partial charge in [-0.1, -0.05) is 51.8 Å². The average molecular weight is 320 g/mol. The highest BCUT2D eigenvalue weighted by Crippen LogP contribution is 2.17. The van der Waals surface area contributed by atoms with Crippen molar-refractivity contribution in [2.45, 2.75) is 13.5 Å². The molecular formula is C16H18BrNO. The summed E-state index contributed by atoms with van der Waals surface area (Å²) < 4.78 is 6.69. The van der Waals surface area contributed by atoms with Crippen LogP contribution in [0.15, 0.2) is 53.0 Å². The van der Waals surface area contributed by atoms with Crippen LogP contribution in [0.1, 0.15) is 11.1 Å². The number of rotatable bonds is 6. The maximum atomic E-state index is 5.65. The number of ether oxygens (including phenoxy) is 1. The highest BCUT2D eigenvalue weighted by atomic mass is 79.9. The minimum atomic E-state index is 0.669. The van der Waals surface area contributed by atoms with E-state index < -0.39 is 0 Å². The Labute approximate surface area is 122 Å². The monoisotopic (exact) mass is 319 g/mol. The van der Waals surface area contributed by atoms with E-state index in [1.165, 1.54) is 11.1 Å². The third kappa shape index (κ3) is 5.05. The number of benzene rings is 2. The van der Waals surface area contributed by atoms with Crippen molar-refractivity contribution in [2.75, 3.05) is 13.2 Å². The molecule has 0 saturated heterocycles.